The molecule has 1 nitrogen and oxygen atoms in total. The van der Waals surface area contributed by atoms with E-state index in [2.05, 4.69) is 80.9 Å². The highest BCUT2D eigenvalue weighted by atomic mass is 15.1. The van der Waals surface area contributed by atoms with E-state index in [1.807, 2.05) is 0 Å². The lowest BCUT2D eigenvalue weighted by Gasteiger charge is -2.47. The van der Waals surface area contributed by atoms with Gasteiger partial charge in [0.15, 0.2) is 11.7 Å². The Kier molecular flexibility index (Phi) is 3.39. The van der Waals surface area contributed by atoms with Gasteiger partial charge in [0.1, 0.15) is 0 Å². The number of hydrogen-bond acceptors (Lipinski definition) is 0. The quantitative estimate of drug-likeness (QED) is 0.708. The molecule has 1 aliphatic heterocycles. The molecular formula is C20H26N+. The molecule has 1 aromatic carbocycles. The highest BCUT2D eigenvalue weighted by Gasteiger charge is 2.57. The Bertz CT molecular complexity index is 654. The third-order valence-corrected chi connectivity index (χ3v) is 6.02. The molecule has 1 heteroatoms. The lowest BCUT2D eigenvalue weighted by atomic mass is 9.59. The van der Waals surface area contributed by atoms with Crippen molar-refractivity contribution in [1.82, 2.24) is 0 Å². The first-order valence-corrected chi connectivity index (χ1v) is 8.25. The maximum absolute atomic E-state index is 2.55. The molecule has 0 radical (unpaired) electrons. The SMILES string of the molecule is CCC1(C)c2ccccc2-c2cccc[n+]2C1(CC)CC. The van der Waals surface area contributed by atoms with Crippen molar-refractivity contribution in [1.29, 1.82) is 0 Å². The van der Waals surface area contributed by atoms with E-state index in [4.69, 9.17) is 0 Å². The average molecular weight is 280 g/mol. The van der Waals surface area contributed by atoms with Crippen LogP contribution in [0.3, 0.4) is 0 Å². The molecule has 0 saturated carbocycles. The summed E-state index contributed by atoms with van der Waals surface area (Å²) in [6.07, 6.45) is 5.76. The second-order valence-electron chi connectivity index (χ2n) is 6.43. The van der Waals surface area contributed by atoms with E-state index in [0.717, 1.165) is 19.3 Å². The Morgan fingerprint density at radius 2 is 1.52 bits per heavy atom. The fourth-order valence-electron chi connectivity index (χ4n) is 4.63. The normalized spacial score (nSPS) is 22.5. The van der Waals surface area contributed by atoms with Gasteiger partial charge < -0.3 is 0 Å². The topological polar surface area (TPSA) is 3.88 Å². The molecule has 0 spiro atoms. The number of rotatable bonds is 3. The molecule has 0 saturated heterocycles. The van der Waals surface area contributed by atoms with Gasteiger partial charge in [0.05, 0.1) is 11.0 Å². The monoisotopic (exact) mass is 280 g/mol. The van der Waals surface area contributed by atoms with Crippen molar-refractivity contribution >= 4 is 0 Å². The van der Waals surface area contributed by atoms with Gasteiger partial charge in [-0.25, -0.2) is 0 Å². The van der Waals surface area contributed by atoms with Crippen LogP contribution in [0.2, 0.25) is 0 Å². The fourth-order valence-corrected chi connectivity index (χ4v) is 4.63. The molecule has 0 amide bonds. The van der Waals surface area contributed by atoms with Gasteiger partial charge >= 0.3 is 0 Å². The third-order valence-electron chi connectivity index (χ3n) is 6.02. The molecule has 110 valence electrons. The van der Waals surface area contributed by atoms with Crippen LogP contribution in [0.5, 0.6) is 0 Å². The van der Waals surface area contributed by atoms with Gasteiger partial charge in [-0.3, -0.25) is 0 Å². The van der Waals surface area contributed by atoms with E-state index in [0.29, 0.717) is 0 Å². The first kappa shape index (κ1) is 14.3. The summed E-state index contributed by atoms with van der Waals surface area (Å²) in [4.78, 5) is 0. The van der Waals surface area contributed by atoms with Gasteiger partial charge in [0.2, 0.25) is 5.69 Å². The highest BCUT2D eigenvalue weighted by molar-refractivity contribution is 5.65. The molecular weight excluding hydrogens is 254 g/mol. The van der Waals surface area contributed by atoms with E-state index in [-0.39, 0.29) is 11.0 Å². The predicted molar refractivity (Wildman–Crippen MR) is 88.3 cm³/mol. The Hall–Kier alpha value is -1.63. The lowest BCUT2D eigenvalue weighted by Crippen LogP contribution is -2.68. The van der Waals surface area contributed by atoms with Crippen LogP contribution in [0.1, 0.15) is 52.5 Å². The molecule has 0 bridgehead atoms. The van der Waals surface area contributed by atoms with Crippen LogP contribution >= 0.6 is 0 Å². The van der Waals surface area contributed by atoms with Crippen molar-refractivity contribution in [3.05, 3.63) is 54.2 Å². The Labute approximate surface area is 128 Å². The lowest BCUT2D eigenvalue weighted by molar-refractivity contribution is -0.769. The molecule has 21 heavy (non-hydrogen) atoms. The first-order chi connectivity index (χ1) is 10.1. The number of fused-ring (bicyclic) bond motifs is 3. The smallest absolute Gasteiger partial charge is 0.192 e. The third kappa shape index (κ3) is 1.67. The van der Waals surface area contributed by atoms with Crippen molar-refractivity contribution < 1.29 is 4.57 Å². The number of hydrogen-bond donors (Lipinski definition) is 0. The van der Waals surface area contributed by atoms with Crippen molar-refractivity contribution in [3.63, 3.8) is 0 Å². The summed E-state index contributed by atoms with van der Waals surface area (Å²) < 4.78 is 2.55. The van der Waals surface area contributed by atoms with Gasteiger partial charge in [-0.2, -0.15) is 4.57 Å². The standard InChI is InChI=1S/C20H26N/c1-5-19(4)17-13-9-8-12-16(17)18-14-10-11-15-21(18)20(19,6-2)7-3/h8-15H,5-7H2,1-4H3/q+1. The summed E-state index contributed by atoms with van der Waals surface area (Å²) in [5.41, 5.74) is 4.61. The summed E-state index contributed by atoms with van der Waals surface area (Å²) in [5, 5.41) is 0. The van der Waals surface area contributed by atoms with E-state index in [9.17, 15) is 0 Å². The van der Waals surface area contributed by atoms with Crippen LogP contribution in [0, 0.1) is 0 Å². The van der Waals surface area contributed by atoms with E-state index in [1.54, 1.807) is 0 Å². The van der Waals surface area contributed by atoms with Crippen molar-refractivity contribution in [2.45, 2.75) is 57.9 Å². The zero-order valence-corrected chi connectivity index (χ0v) is 13.7. The van der Waals surface area contributed by atoms with Crippen molar-refractivity contribution in [2.24, 2.45) is 0 Å². The molecule has 1 atom stereocenters. The highest BCUT2D eigenvalue weighted by Crippen LogP contribution is 2.50. The van der Waals surface area contributed by atoms with Gasteiger partial charge in [-0.15, -0.1) is 0 Å². The molecule has 3 rings (SSSR count). The molecule has 2 aromatic rings. The van der Waals surface area contributed by atoms with Gasteiger partial charge in [-0.05, 0) is 31.0 Å². The van der Waals surface area contributed by atoms with Crippen LogP contribution in [0.15, 0.2) is 48.7 Å². The van der Waals surface area contributed by atoms with Crippen LogP contribution < -0.4 is 4.57 Å². The summed E-state index contributed by atoms with van der Waals surface area (Å²) in [6.45, 7) is 9.48. The van der Waals surface area contributed by atoms with Crippen LogP contribution in [-0.2, 0) is 11.0 Å². The zero-order valence-electron chi connectivity index (χ0n) is 13.7. The summed E-state index contributed by atoms with van der Waals surface area (Å²) >= 11 is 0. The Morgan fingerprint density at radius 3 is 2.19 bits per heavy atom. The minimum Gasteiger partial charge on any atom is -0.192 e. The summed E-state index contributed by atoms with van der Waals surface area (Å²) in [6, 6.07) is 15.6. The van der Waals surface area contributed by atoms with Gasteiger partial charge in [0.25, 0.3) is 0 Å². The van der Waals surface area contributed by atoms with Gasteiger partial charge in [0, 0.05) is 25.0 Å². The largest absolute Gasteiger partial charge is 0.213 e. The van der Waals surface area contributed by atoms with Crippen LogP contribution in [-0.4, -0.2) is 0 Å². The molecule has 2 heterocycles. The summed E-state index contributed by atoms with van der Waals surface area (Å²) in [7, 11) is 0. The van der Waals surface area contributed by atoms with Gasteiger partial charge in [-0.1, -0.05) is 39.0 Å². The zero-order chi connectivity index (χ0) is 15.1. The van der Waals surface area contributed by atoms with Crippen LogP contribution in [0.4, 0.5) is 0 Å². The predicted octanol–water partition coefficient (Wildman–Crippen LogP) is 4.84. The second-order valence-corrected chi connectivity index (χ2v) is 6.43. The van der Waals surface area contributed by atoms with Crippen LogP contribution in [0.25, 0.3) is 11.3 Å². The summed E-state index contributed by atoms with van der Waals surface area (Å²) in [5.74, 6) is 0. The molecule has 0 N–H and O–H groups in total. The van der Waals surface area contributed by atoms with Crippen molar-refractivity contribution in [3.8, 4) is 11.3 Å². The van der Waals surface area contributed by atoms with Crippen molar-refractivity contribution in [2.75, 3.05) is 0 Å². The van der Waals surface area contributed by atoms with E-state index in [1.165, 1.54) is 16.8 Å². The molecule has 1 aliphatic rings. The van der Waals surface area contributed by atoms with E-state index < -0.39 is 0 Å². The minimum atomic E-state index is 0.159. The Balaban J connectivity index is 2.43. The number of nitrogens with zero attached hydrogens (tertiary/aromatic N) is 1. The Morgan fingerprint density at radius 1 is 0.857 bits per heavy atom. The second kappa shape index (κ2) is 4.98. The number of benzene rings is 1. The van der Waals surface area contributed by atoms with E-state index >= 15 is 0 Å². The maximum Gasteiger partial charge on any atom is 0.213 e. The number of aromatic nitrogens is 1. The first-order valence-electron chi connectivity index (χ1n) is 8.25. The molecule has 0 fully saturated rings. The maximum atomic E-state index is 2.55. The average Bonchev–Trinajstić information content (AvgIpc) is 2.56. The number of pyridine rings is 1. The fraction of sp³-hybridized carbons (Fsp3) is 0.450. The molecule has 0 aliphatic carbocycles. The molecule has 1 aromatic heterocycles. The molecule has 1 unspecified atom stereocenters. The minimum absolute atomic E-state index is 0.159.